The summed E-state index contributed by atoms with van der Waals surface area (Å²) in [7, 11) is 0. The second-order valence-electron chi connectivity index (χ2n) is 6.63. The summed E-state index contributed by atoms with van der Waals surface area (Å²) in [5.41, 5.74) is 2.20. The molecule has 0 aliphatic carbocycles. The number of hydrogen-bond donors (Lipinski definition) is 1. The molecule has 150 valence electrons. The zero-order valence-corrected chi connectivity index (χ0v) is 17.5. The highest BCUT2D eigenvalue weighted by molar-refractivity contribution is 9.10. The number of rotatable bonds is 6. The molecule has 4 aromatic rings. The molecule has 1 amide bonds. The number of benzene rings is 2. The van der Waals surface area contributed by atoms with Crippen molar-refractivity contribution in [1.29, 1.82) is 0 Å². The van der Waals surface area contributed by atoms with Crippen molar-refractivity contribution in [3.05, 3.63) is 99.4 Å². The molecule has 0 atom stereocenters. The van der Waals surface area contributed by atoms with Crippen LogP contribution in [0.3, 0.4) is 0 Å². The van der Waals surface area contributed by atoms with Crippen LogP contribution < -0.4 is 10.9 Å². The Kier molecular flexibility index (Phi) is 5.85. The molecular weight excluding hydrogens is 446 g/mol. The second-order valence-corrected chi connectivity index (χ2v) is 7.55. The van der Waals surface area contributed by atoms with E-state index in [1.807, 2.05) is 54.6 Å². The zero-order chi connectivity index (χ0) is 20.9. The predicted molar refractivity (Wildman–Crippen MR) is 118 cm³/mol. The fourth-order valence-corrected chi connectivity index (χ4v) is 3.46. The normalized spacial score (nSPS) is 10.7. The van der Waals surface area contributed by atoms with Crippen molar-refractivity contribution in [2.45, 2.75) is 13.1 Å². The van der Waals surface area contributed by atoms with Crippen molar-refractivity contribution in [2.24, 2.45) is 0 Å². The Labute approximate surface area is 181 Å². The highest BCUT2D eigenvalue weighted by Gasteiger charge is 2.11. The molecule has 30 heavy (non-hydrogen) atoms. The standard InChI is InChI=1S/C22H18BrN5O2/c23-18-8-4-5-16(13-18)14-27-20(11-12-24-27)25-21(29)15-28-22(30)10-9-19(26-28)17-6-2-1-3-7-17/h1-13H,14-15H2,(H,25,29). The number of carbonyl (C=O) groups excluding carboxylic acids is 1. The van der Waals surface area contributed by atoms with E-state index >= 15 is 0 Å². The Morgan fingerprint density at radius 3 is 2.60 bits per heavy atom. The first-order valence-electron chi connectivity index (χ1n) is 9.28. The largest absolute Gasteiger partial charge is 0.309 e. The molecule has 0 fully saturated rings. The first-order chi connectivity index (χ1) is 14.6. The highest BCUT2D eigenvalue weighted by Crippen LogP contribution is 2.16. The van der Waals surface area contributed by atoms with Gasteiger partial charge < -0.3 is 5.32 Å². The van der Waals surface area contributed by atoms with E-state index in [1.54, 1.807) is 23.0 Å². The van der Waals surface area contributed by atoms with Gasteiger partial charge in [0.15, 0.2) is 0 Å². The van der Waals surface area contributed by atoms with Crippen molar-refractivity contribution >= 4 is 27.7 Å². The van der Waals surface area contributed by atoms with Crippen LogP contribution in [0.2, 0.25) is 0 Å². The first-order valence-corrected chi connectivity index (χ1v) is 10.1. The van der Waals surface area contributed by atoms with Crippen molar-refractivity contribution < 1.29 is 4.79 Å². The summed E-state index contributed by atoms with van der Waals surface area (Å²) in [4.78, 5) is 24.8. The first kappa shape index (κ1) is 19.8. The van der Waals surface area contributed by atoms with Crippen LogP contribution >= 0.6 is 15.9 Å². The number of aromatic nitrogens is 4. The van der Waals surface area contributed by atoms with Crippen LogP contribution in [0.25, 0.3) is 11.3 Å². The van der Waals surface area contributed by atoms with Crippen molar-refractivity contribution in [3.8, 4) is 11.3 Å². The third-order valence-corrected chi connectivity index (χ3v) is 4.93. The maximum absolute atomic E-state index is 12.6. The van der Waals surface area contributed by atoms with Gasteiger partial charge in [-0.05, 0) is 23.8 Å². The minimum absolute atomic E-state index is 0.193. The number of nitrogens with zero attached hydrogens (tertiary/aromatic N) is 4. The zero-order valence-electron chi connectivity index (χ0n) is 15.9. The maximum atomic E-state index is 12.6. The number of carbonyl (C=O) groups is 1. The summed E-state index contributed by atoms with van der Waals surface area (Å²) in [5, 5.41) is 11.4. The average Bonchev–Trinajstić information content (AvgIpc) is 3.16. The molecule has 7 nitrogen and oxygen atoms in total. The molecular formula is C22H18BrN5O2. The van der Waals surface area contributed by atoms with Crippen LogP contribution in [0.4, 0.5) is 5.82 Å². The molecule has 0 saturated carbocycles. The van der Waals surface area contributed by atoms with Gasteiger partial charge in [-0.15, -0.1) is 0 Å². The second kappa shape index (κ2) is 8.87. The van der Waals surface area contributed by atoms with E-state index in [4.69, 9.17) is 0 Å². The molecule has 0 radical (unpaired) electrons. The van der Waals surface area contributed by atoms with Gasteiger partial charge in [0.25, 0.3) is 5.56 Å². The number of nitrogens with one attached hydrogen (secondary N) is 1. The minimum Gasteiger partial charge on any atom is -0.309 e. The van der Waals surface area contributed by atoms with Gasteiger partial charge >= 0.3 is 0 Å². The van der Waals surface area contributed by atoms with Gasteiger partial charge in [0.1, 0.15) is 12.4 Å². The smallest absolute Gasteiger partial charge is 0.267 e. The Morgan fingerprint density at radius 2 is 1.80 bits per heavy atom. The molecule has 0 spiro atoms. The lowest BCUT2D eigenvalue weighted by atomic mass is 10.1. The van der Waals surface area contributed by atoms with E-state index < -0.39 is 0 Å². The fourth-order valence-electron chi connectivity index (χ4n) is 3.02. The van der Waals surface area contributed by atoms with Crippen LogP contribution in [0.1, 0.15) is 5.56 Å². The SMILES string of the molecule is O=C(Cn1nc(-c2ccccc2)ccc1=O)Nc1ccnn1Cc1cccc(Br)c1. The van der Waals surface area contributed by atoms with Crippen LogP contribution in [-0.4, -0.2) is 25.5 Å². The molecule has 8 heteroatoms. The minimum atomic E-state index is -0.356. The van der Waals surface area contributed by atoms with E-state index in [0.717, 1.165) is 20.3 Å². The molecule has 0 unspecified atom stereocenters. The molecule has 2 heterocycles. The topological polar surface area (TPSA) is 81.8 Å². The maximum Gasteiger partial charge on any atom is 0.267 e. The fraction of sp³-hybridized carbons (Fsp3) is 0.0909. The predicted octanol–water partition coefficient (Wildman–Crippen LogP) is 3.56. The molecule has 0 bridgehead atoms. The quantitative estimate of drug-likeness (QED) is 0.473. The van der Waals surface area contributed by atoms with Gasteiger partial charge in [0.2, 0.25) is 5.91 Å². The molecule has 0 saturated heterocycles. The summed E-state index contributed by atoms with van der Waals surface area (Å²) < 4.78 is 3.82. The number of halogens is 1. The Bertz CT molecular complexity index is 1230. The van der Waals surface area contributed by atoms with Gasteiger partial charge in [-0.3, -0.25) is 9.59 Å². The monoisotopic (exact) mass is 463 g/mol. The summed E-state index contributed by atoms with van der Waals surface area (Å²) in [6.07, 6.45) is 1.62. The Balaban J connectivity index is 1.48. The summed E-state index contributed by atoms with van der Waals surface area (Å²) in [5.74, 6) is 0.193. The van der Waals surface area contributed by atoms with E-state index in [0.29, 0.717) is 18.1 Å². The third kappa shape index (κ3) is 4.72. The van der Waals surface area contributed by atoms with E-state index in [1.165, 1.54) is 6.07 Å². The number of anilines is 1. The van der Waals surface area contributed by atoms with Crippen LogP contribution in [0.15, 0.2) is 88.3 Å². The molecule has 0 aliphatic rings. The van der Waals surface area contributed by atoms with E-state index in [-0.39, 0.29) is 18.0 Å². The molecule has 0 aliphatic heterocycles. The molecule has 2 aromatic carbocycles. The van der Waals surface area contributed by atoms with Gasteiger partial charge in [0, 0.05) is 22.2 Å². The van der Waals surface area contributed by atoms with Gasteiger partial charge in [-0.2, -0.15) is 10.2 Å². The number of hydrogen-bond acceptors (Lipinski definition) is 4. The molecule has 1 N–H and O–H groups in total. The lowest BCUT2D eigenvalue weighted by Gasteiger charge is -2.11. The van der Waals surface area contributed by atoms with Gasteiger partial charge in [0.05, 0.1) is 18.4 Å². The number of amides is 1. The summed E-state index contributed by atoms with van der Waals surface area (Å²) in [6.45, 7) is 0.311. The van der Waals surface area contributed by atoms with Crippen molar-refractivity contribution in [2.75, 3.05) is 5.32 Å². The molecule has 4 rings (SSSR count). The van der Waals surface area contributed by atoms with Gasteiger partial charge in [-0.1, -0.05) is 58.4 Å². The van der Waals surface area contributed by atoms with E-state index in [2.05, 4.69) is 31.4 Å². The van der Waals surface area contributed by atoms with Crippen molar-refractivity contribution in [3.63, 3.8) is 0 Å². The van der Waals surface area contributed by atoms with E-state index in [9.17, 15) is 9.59 Å². The highest BCUT2D eigenvalue weighted by atomic mass is 79.9. The van der Waals surface area contributed by atoms with Crippen LogP contribution in [0.5, 0.6) is 0 Å². The summed E-state index contributed by atoms with van der Waals surface area (Å²) >= 11 is 3.45. The molecule has 2 aromatic heterocycles. The van der Waals surface area contributed by atoms with Gasteiger partial charge in [-0.25, -0.2) is 9.36 Å². The Morgan fingerprint density at radius 1 is 0.967 bits per heavy atom. The van der Waals surface area contributed by atoms with Crippen molar-refractivity contribution in [1.82, 2.24) is 19.6 Å². The van der Waals surface area contributed by atoms with Crippen LogP contribution in [0, 0.1) is 0 Å². The third-order valence-electron chi connectivity index (χ3n) is 4.43. The lowest BCUT2D eigenvalue weighted by Crippen LogP contribution is -2.30. The average molecular weight is 464 g/mol. The Hall–Kier alpha value is -3.52. The van der Waals surface area contributed by atoms with Crippen LogP contribution in [-0.2, 0) is 17.9 Å². The summed E-state index contributed by atoms with van der Waals surface area (Å²) in [6, 6.07) is 22.1. The lowest BCUT2D eigenvalue weighted by molar-refractivity contribution is -0.117.